The highest BCUT2D eigenvalue weighted by Crippen LogP contribution is 2.29. The molecule has 168 valence electrons. The fraction of sp³-hybridized carbons (Fsp3) is 0.455. The molecule has 0 unspecified atom stereocenters. The summed E-state index contributed by atoms with van der Waals surface area (Å²) < 4.78 is 11.0. The van der Waals surface area contributed by atoms with Crippen molar-refractivity contribution in [3.05, 3.63) is 39.7 Å². The van der Waals surface area contributed by atoms with Crippen LogP contribution in [0.5, 0.6) is 5.75 Å². The summed E-state index contributed by atoms with van der Waals surface area (Å²) in [6.07, 6.45) is 0.611. The molecule has 1 aromatic carbocycles. The number of rotatable bonds is 11. The van der Waals surface area contributed by atoms with Gasteiger partial charge in [0.25, 0.3) is 5.91 Å². The third-order valence-electron chi connectivity index (χ3n) is 4.91. The van der Waals surface area contributed by atoms with Gasteiger partial charge in [-0.2, -0.15) is 0 Å². The lowest BCUT2D eigenvalue weighted by Crippen LogP contribution is -2.51. The first-order valence-corrected chi connectivity index (χ1v) is 10.1. The first-order valence-electron chi connectivity index (χ1n) is 10.1. The molecule has 1 aromatic heterocycles. The number of carboxylic acids is 2. The van der Waals surface area contributed by atoms with Crippen molar-refractivity contribution >= 4 is 28.8 Å². The third-order valence-corrected chi connectivity index (χ3v) is 4.91. The molecule has 0 saturated heterocycles. The number of hydrogen-bond acceptors (Lipinski definition) is 8. The highest BCUT2D eigenvalue weighted by atomic mass is 16.5. The van der Waals surface area contributed by atoms with Gasteiger partial charge in [-0.25, -0.2) is 4.79 Å². The van der Waals surface area contributed by atoms with Crippen molar-refractivity contribution in [2.45, 2.75) is 65.0 Å². The SMILES string of the molecule is CCCCc1cc(=O)oc2c(C)c(O[C@H](C)C(=O)N[C@@H](CCC(=O)[O-])C(=O)[O-])ccc12. The summed E-state index contributed by atoms with van der Waals surface area (Å²) in [4.78, 5) is 46.0. The van der Waals surface area contributed by atoms with E-state index in [1.807, 2.05) is 0 Å². The Hall–Kier alpha value is -3.36. The van der Waals surface area contributed by atoms with Crippen LogP contribution in [0.2, 0.25) is 0 Å². The van der Waals surface area contributed by atoms with E-state index in [9.17, 15) is 29.4 Å². The van der Waals surface area contributed by atoms with E-state index in [1.54, 1.807) is 19.1 Å². The lowest BCUT2D eigenvalue weighted by Gasteiger charge is -2.23. The second kappa shape index (κ2) is 10.6. The normalized spacial score (nSPS) is 12.9. The van der Waals surface area contributed by atoms with Crippen LogP contribution in [0.15, 0.2) is 27.4 Å². The molecule has 2 aromatic rings. The average Bonchev–Trinajstić information content (AvgIpc) is 2.70. The molecule has 0 aliphatic heterocycles. The minimum Gasteiger partial charge on any atom is -0.550 e. The van der Waals surface area contributed by atoms with Gasteiger partial charge in [-0.05, 0) is 57.2 Å². The number of fused-ring (bicyclic) bond motifs is 1. The molecule has 0 spiro atoms. The summed E-state index contributed by atoms with van der Waals surface area (Å²) in [5, 5.41) is 24.7. The van der Waals surface area contributed by atoms with Crippen LogP contribution in [0.3, 0.4) is 0 Å². The van der Waals surface area contributed by atoms with Gasteiger partial charge in [0, 0.05) is 23.0 Å². The summed E-state index contributed by atoms with van der Waals surface area (Å²) in [7, 11) is 0. The Morgan fingerprint density at radius 3 is 2.55 bits per heavy atom. The van der Waals surface area contributed by atoms with Crippen molar-refractivity contribution < 1.29 is 33.8 Å². The van der Waals surface area contributed by atoms with Gasteiger partial charge in [-0.3, -0.25) is 4.79 Å². The molecule has 0 bridgehead atoms. The van der Waals surface area contributed by atoms with E-state index in [2.05, 4.69) is 12.2 Å². The summed E-state index contributed by atoms with van der Waals surface area (Å²) >= 11 is 0. The zero-order valence-electron chi connectivity index (χ0n) is 17.7. The molecule has 9 nitrogen and oxygen atoms in total. The standard InChI is InChI=1S/C22H27NO8/c1-4-5-6-14-11-19(26)31-20-12(2)17(9-7-15(14)20)30-13(3)21(27)23-16(22(28)29)8-10-18(24)25/h7,9,11,13,16H,4-6,8,10H2,1-3H3,(H,23,27)(H,24,25)(H,28,29)/p-2/t13-,16+/m1/s1. The Labute approximate surface area is 179 Å². The summed E-state index contributed by atoms with van der Waals surface area (Å²) in [6, 6.07) is 3.39. The topological polar surface area (TPSA) is 149 Å². The van der Waals surface area contributed by atoms with Crippen LogP contribution in [0, 0.1) is 6.92 Å². The minimum atomic E-state index is -1.61. The number of ether oxygens (including phenoxy) is 1. The van der Waals surface area contributed by atoms with Crippen LogP contribution in [-0.2, 0) is 20.8 Å². The average molecular weight is 431 g/mol. The van der Waals surface area contributed by atoms with Crippen molar-refractivity contribution in [1.82, 2.24) is 5.32 Å². The molecular weight excluding hydrogens is 406 g/mol. The van der Waals surface area contributed by atoms with Crippen LogP contribution in [-0.4, -0.2) is 30.0 Å². The molecule has 9 heteroatoms. The number of benzene rings is 1. The maximum absolute atomic E-state index is 12.3. The van der Waals surface area contributed by atoms with Crippen molar-refractivity contribution in [3.63, 3.8) is 0 Å². The first-order chi connectivity index (χ1) is 14.6. The fourth-order valence-corrected chi connectivity index (χ4v) is 3.15. The number of carbonyl (C=O) groups excluding carboxylic acids is 3. The highest BCUT2D eigenvalue weighted by molar-refractivity contribution is 5.87. The molecule has 1 heterocycles. The second-order valence-corrected chi connectivity index (χ2v) is 7.31. The zero-order chi connectivity index (χ0) is 23.1. The number of hydrogen-bond donors (Lipinski definition) is 1. The monoisotopic (exact) mass is 431 g/mol. The molecule has 31 heavy (non-hydrogen) atoms. The van der Waals surface area contributed by atoms with Crippen LogP contribution in [0.25, 0.3) is 11.0 Å². The van der Waals surface area contributed by atoms with Gasteiger partial charge in [-0.1, -0.05) is 13.3 Å². The Balaban J connectivity index is 2.21. The summed E-state index contributed by atoms with van der Waals surface area (Å²) in [5.41, 5.74) is 1.29. The van der Waals surface area contributed by atoms with Gasteiger partial charge in [0.15, 0.2) is 6.10 Å². The number of nitrogens with one attached hydrogen (secondary N) is 1. The molecule has 0 radical (unpaired) electrons. The van der Waals surface area contributed by atoms with Crippen molar-refractivity contribution in [2.75, 3.05) is 0 Å². The van der Waals surface area contributed by atoms with Crippen LogP contribution < -0.4 is 25.9 Å². The molecule has 0 saturated carbocycles. The summed E-state index contributed by atoms with van der Waals surface area (Å²) in [5.74, 6) is -3.50. The molecule has 2 atom stereocenters. The van der Waals surface area contributed by atoms with E-state index < -0.39 is 42.0 Å². The van der Waals surface area contributed by atoms with Crippen molar-refractivity contribution in [3.8, 4) is 5.75 Å². The highest BCUT2D eigenvalue weighted by Gasteiger charge is 2.21. The number of carbonyl (C=O) groups is 3. The maximum Gasteiger partial charge on any atom is 0.336 e. The third kappa shape index (κ3) is 6.31. The van der Waals surface area contributed by atoms with E-state index in [0.717, 1.165) is 30.2 Å². The van der Waals surface area contributed by atoms with E-state index >= 15 is 0 Å². The lowest BCUT2D eigenvalue weighted by molar-refractivity contribution is -0.310. The van der Waals surface area contributed by atoms with E-state index in [-0.39, 0.29) is 6.42 Å². The predicted octanol–water partition coefficient (Wildman–Crippen LogP) is -0.0239. The number of unbranched alkanes of at least 4 members (excludes halogenated alkanes) is 1. The molecule has 2 rings (SSSR count). The molecular formula is C22H25NO8-2. The van der Waals surface area contributed by atoms with Crippen LogP contribution >= 0.6 is 0 Å². The minimum absolute atomic E-state index is 0.297. The quantitative estimate of drug-likeness (QED) is 0.488. The van der Waals surface area contributed by atoms with Gasteiger partial charge in [0.2, 0.25) is 0 Å². The van der Waals surface area contributed by atoms with E-state index in [0.29, 0.717) is 16.9 Å². The largest absolute Gasteiger partial charge is 0.550 e. The lowest BCUT2D eigenvalue weighted by atomic mass is 10.0. The van der Waals surface area contributed by atoms with E-state index in [4.69, 9.17) is 9.15 Å². The second-order valence-electron chi connectivity index (χ2n) is 7.31. The first kappa shape index (κ1) is 23.9. The molecule has 1 amide bonds. The van der Waals surface area contributed by atoms with Gasteiger partial charge >= 0.3 is 5.63 Å². The Kier molecular flexibility index (Phi) is 8.18. The Bertz CT molecular complexity index is 1030. The Morgan fingerprint density at radius 2 is 1.94 bits per heavy atom. The predicted molar refractivity (Wildman–Crippen MR) is 107 cm³/mol. The van der Waals surface area contributed by atoms with Gasteiger partial charge in [0.05, 0.1) is 12.0 Å². The number of carboxylic acid groups (broad SMARTS) is 2. The van der Waals surface area contributed by atoms with Gasteiger partial charge in [0.1, 0.15) is 11.3 Å². The van der Waals surface area contributed by atoms with E-state index in [1.165, 1.54) is 13.0 Å². The Morgan fingerprint density at radius 1 is 1.23 bits per heavy atom. The number of aliphatic carboxylic acids is 2. The van der Waals surface area contributed by atoms with Gasteiger partial charge < -0.3 is 34.3 Å². The zero-order valence-corrected chi connectivity index (χ0v) is 17.7. The smallest absolute Gasteiger partial charge is 0.336 e. The van der Waals surface area contributed by atoms with Gasteiger partial charge in [-0.15, -0.1) is 0 Å². The summed E-state index contributed by atoms with van der Waals surface area (Å²) in [6.45, 7) is 5.16. The van der Waals surface area contributed by atoms with Crippen LogP contribution in [0.1, 0.15) is 50.7 Å². The molecule has 0 aliphatic carbocycles. The fourth-order valence-electron chi connectivity index (χ4n) is 3.15. The maximum atomic E-state index is 12.3. The molecule has 0 aliphatic rings. The number of aryl methyl sites for hydroxylation is 2. The molecule has 1 N–H and O–H groups in total. The number of amides is 1. The van der Waals surface area contributed by atoms with Crippen molar-refractivity contribution in [1.29, 1.82) is 0 Å². The molecule has 0 fully saturated rings. The van der Waals surface area contributed by atoms with Crippen molar-refractivity contribution in [2.24, 2.45) is 0 Å². The van der Waals surface area contributed by atoms with Crippen LogP contribution in [0.4, 0.5) is 0 Å².